The van der Waals surface area contributed by atoms with E-state index in [1.54, 1.807) is 6.92 Å². The Morgan fingerprint density at radius 2 is 2.08 bits per heavy atom. The van der Waals surface area contributed by atoms with Crippen LogP contribution in [-0.4, -0.2) is 33.6 Å². The van der Waals surface area contributed by atoms with Gasteiger partial charge in [0.05, 0.1) is 6.61 Å². The van der Waals surface area contributed by atoms with E-state index in [1.165, 1.54) is 13.0 Å². The Kier molecular flexibility index (Phi) is 5.20. The number of halogens is 3. The molecule has 2 rings (SSSR count). The van der Waals surface area contributed by atoms with Crippen LogP contribution in [-0.2, 0) is 10.9 Å². The third-order valence-electron chi connectivity index (χ3n) is 2.69. The maximum Gasteiger partial charge on any atom is 0.451 e. The minimum absolute atomic E-state index is 0.0100. The number of aromatic nitrogens is 3. The van der Waals surface area contributed by atoms with Gasteiger partial charge in [-0.05, 0) is 13.8 Å². The van der Waals surface area contributed by atoms with Crippen LogP contribution in [0.15, 0.2) is 16.8 Å². The van der Waals surface area contributed by atoms with Crippen LogP contribution in [0.3, 0.4) is 0 Å². The van der Waals surface area contributed by atoms with Gasteiger partial charge in [-0.3, -0.25) is 15.6 Å². The highest BCUT2D eigenvalue weighted by Gasteiger charge is 2.36. The molecule has 2 heterocycles. The number of hydrazine groups is 1. The monoisotopic (exact) mass is 359 g/mol. The summed E-state index contributed by atoms with van der Waals surface area (Å²) in [7, 11) is 0. The molecule has 0 fully saturated rings. The van der Waals surface area contributed by atoms with Gasteiger partial charge < -0.3 is 9.26 Å². The number of nitrogens with zero attached hydrogens (tertiary/aromatic N) is 3. The molecule has 25 heavy (non-hydrogen) atoms. The highest BCUT2D eigenvalue weighted by molar-refractivity contribution is 5.96. The number of hydrogen-bond donors (Lipinski definition) is 2. The SMILES string of the molecule is CCOC(=O)c1cnc(C(F)(F)F)nc1NNC(=O)c1cc(C)on1. The number of rotatable bonds is 5. The van der Waals surface area contributed by atoms with Crippen molar-refractivity contribution in [3.8, 4) is 0 Å². The van der Waals surface area contributed by atoms with E-state index in [1.807, 2.05) is 0 Å². The van der Waals surface area contributed by atoms with Gasteiger partial charge in [-0.2, -0.15) is 13.2 Å². The number of alkyl halides is 3. The van der Waals surface area contributed by atoms with Crippen LogP contribution in [0.4, 0.5) is 19.0 Å². The number of aryl methyl sites for hydroxylation is 1. The zero-order valence-electron chi connectivity index (χ0n) is 13.0. The molecule has 0 spiro atoms. The smallest absolute Gasteiger partial charge is 0.451 e. The number of ether oxygens (including phenoxy) is 1. The number of anilines is 1. The molecule has 0 unspecified atom stereocenters. The molecule has 2 N–H and O–H groups in total. The summed E-state index contributed by atoms with van der Waals surface area (Å²) in [6.07, 6.45) is -4.18. The quantitative estimate of drug-likeness (QED) is 0.612. The van der Waals surface area contributed by atoms with Crippen molar-refractivity contribution in [2.45, 2.75) is 20.0 Å². The zero-order chi connectivity index (χ0) is 18.6. The van der Waals surface area contributed by atoms with Crippen molar-refractivity contribution in [1.82, 2.24) is 20.6 Å². The first kappa shape index (κ1) is 18.2. The maximum atomic E-state index is 12.7. The van der Waals surface area contributed by atoms with Crippen LogP contribution in [0, 0.1) is 6.92 Å². The molecule has 0 saturated heterocycles. The molecule has 2 aromatic heterocycles. The maximum absolute atomic E-state index is 12.7. The lowest BCUT2D eigenvalue weighted by molar-refractivity contribution is -0.144. The molecule has 0 aliphatic carbocycles. The van der Waals surface area contributed by atoms with Crippen molar-refractivity contribution in [3.05, 3.63) is 35.1 Å². The van der Waals surface area contributed by atoms with Gasteiger partial charge in [0.15, 0.2) is 11.5 Å². The molecular weight excluding hydrogens is 347 g/mol. The van der Waals surface area contributed by atoms with Crippen molar-refractivity contribution in [1.29, 1.82) is 0 Å². The van der Waals surface area contributed by atoms with Gasteiger partial charge in [-0.25, -0.2) is 14.8 Å². The topological polar surface area (TPSA) is 119 Å². The predicted octanol–water partition coefficient (Wildman–Crippen LogP) is 1.73. The van der Waals surface area contributed by atoms with Gasteiger partial charge >= 0.3 is 12.1 Å². The Morgan fingerprint density at radius 1 is 1.36 bits per heavy atom. The fourth-order valence-corrected chi connectivity index (χ4v) is 1.63. The number of nitrogens with one attached hydrogen (secondary N) is 2. The summed E-state index contributed by atoms with van der Waals surface area (Å²) in [4.78, 5) is 29.9. The normalized spacial score (nSPS) is 11.1. The minimum Gasteiger partial charge on any atom is -0.462 e. The summed E-state index contributed by atoms with van der Waals surface area (Å²) in [5.74, 6) is -3.47. The summed E-state index contributed by atoms with van der Waals surface area (Å²) >= 11 is 0. The zero-order valence-corrected chi connectivity index (χ0v) is 13.0. The van der Waals surface area contributed by atoms with E-state index in [0.29, 0.717) is 12.0 Å². The van der Waals surface area contributed by atoms with Crippen molar-refractivity contribution < 1.29 is 32.0 Å². The largest absolute Gasteiger partial charge is 0.462 e. The summed E-state index contributed by atoms with van der Waals surface area (Å²) in [5.41, 5.74) is 3.71. The standard InChI is InChI=1S/C13H12F3N5O4/c1-3-24-11(23)7-5-17-12(13(14,15)16)18-9(7)19-20-10(22)8-4-6(2)25-21-8/h4-5H,3H2,1-2H3,(H,20,22)(H,17,18,19). The van der Waals surface area contributed by atoms with Gasteiger partial charge in [0.25, 0.3) is 5.91 Å². The highest BCUT2D eigenvalue weighted by atomic mass is 19.4. The molecule has 0 atom stereocenters. The van der Waals surface area contributed by atoms with Gasteiger partial charge in [0.1, 0.15) is 11.3 Å². The molecule has 0 aromatic carbocycles. The molecule has 0 aliphatic rings. The van der Waals surface area contributed by atoms with Crippen molar-refractivity contribution >= 4 is 17.7 Å². The number of carbonyl (C=O) groups is 2. The first-order valence-electron chi connectivity index (χ1n) is 6.83. The van der Waals surface area contributed by atoms with Crippen molar-refractivity contribution in [2.75, 3.05) is 12.0 Å². The first-order valence-corrected chi connectivity index (χ1v) is 6.83. The summed E-state index contributed by atoms with van der Waals surface area (Å²) in [6.45, 7) is 3.06. The van der Waals surface area contributed by atoms with E-state index in [9.17, 15) is 22.8 Å². The fraction of sp³-hybridized carbons (Fsp3) is 0.308. The Hall–Kier alpha value is -3.18. The lowest BCUT2D eigenvalue weighted by Crippen LogP contribution is -2.31. The molecule has 0 saturated carbocycles. The van der Waals surface area contributed by atoms with Crippen LogP contribution >= 0.6 is 0 Å². The van der Waals surface area contributed by atoms with Crippen LogP contribution in [0.5, 0.6) is 0 Å². The van der Waals surface area contributed by atoms with Gasteiger partial charge in [-0.15, -0.1) is 0 Å². The van der Waals surface area contributed by atoms with Crippen LogP contribution < -0.4 is 10.9 Å². The van der Waals surface area contributed by atoms with Gasteiger partial charge in [-0.1, -0.05) is 5.16 Å². The lowest BCUT2D eigenvalue weighted by Gasteiger charge is -2.12. The average molecular weight is 359 g/mol. The average Bonchev–Trinajstić information content (AvgIpc) is 2.98. The molecule has 0 aliphatic heterocycles. The number of carbonyl (C=O) groups excluding carboxylic acids is 2. The number of esters is 1. The third kappa shape index (κ3) is 4.43. The second kappa shape index (κ2) is 7.15. The Morgan fingerprint density at radius 3 is 2.64 bits per heavy atom. The van der Waals surface area contributed by atoms with E-state index in [2.05, 4.69) is 26.0 Å². The first-order chi connectivity index (χ1) is 11.7. The fourth-order valence-electron chi connectivity index (χ4n) is 1.63. The molecular formula is C13H12F3N5O4. The van der Waals surface area contributed by atoms with Crippen molar-refractivity contribution in [2.24, 2.45) is 0 Å². The molecule has 0 radical (unpaired) electrons. The van der Waals surface area contributed by atoms with E-state index in [0.717, 1.165) is 0 Å². The second-order valence-corrected chi connectivity index (χ2v) is 4.58. The van der Waals surface area contributed by atoms with Gasteiger partial charge in [0.2, 0.25) is 5.82 Å². The van der Waals surface area contributed by atoms with Crippen LogP contribution in [0.2, 0.25) is 0 Å². The van der Waals surface area contributed by atoms with Crippen molar-refractivity contribution in [3.63, 3.8) is 0 Å². The molecule has 2 aromatic rings. The van der Waals surface area contributed by atoms with Crippen LogP contribution in [0.25, 0.3) is 0 Å². The molecule has 1 amide bonds. The molecule has 134 valence electrons. The van der Waals surface area contributed by atoms with Crippen LogP contribution in [0.1, 0.15) is 39.4 Å². The van der Waals surface area contributed by atoms with E-state index in [-0.39, 0.29) is 17.9 Å². The predicted molar refractivity (Wildman–Crippen MR) is 75.3 cm³/mol. The summed E-state index contributed by atoms with van der Waals surface area (Å²) < 4.78 is 47.6. The third-order valence-corrected chi connectivity index (χ3v) is 2.69. The lowest BCUT2D eigenvalue weighted by atomic mass is 10.3. The van der Waals surface area contributed by atoms with E-state index in [4.69, 9.17) is 9.26 Å². The second-order valence-electron chi connectivity index (χ2n) is 4.58. The summed E-state index contributed by atoms with van der Waals surface area (Å²) in [6, 6.07) is 1.31. The number of hydrogen-bond acceptors (Lipinski definition) is 8. The Bertz CT molecular complexity index is 790. The summed E-state index contributed by atoms with van der Waals surface area (Å²) in [5, 5.41) is 3.44. The minimum atomic E-state index is -4.84. The Balaban J connectivity index is 2.26. The highest BCUT2D eigenvalue weighted by Crippen LogP contribution is 2.27. The van der Waals surface area contributed by atoms with E-state index >= 15 is 0 Å². The molecule has 12 heteroatoms. The number of amides is 1. The molecule has 9 nitrogen and oxygen atoms in total. The van der Waals surface area contributed by atoms with Gasteiger partial charge in [0, 0.05) is 12.3 Å². The Labute approximate surface area is 138 Å². The molecule has 0 bridgehead atoms. The van der Waals surface area contributed by atoms with E-state index < -0.39 is 29.7 Å².